The molecular formula is C29H36N2O11. The third-order valence-corrected chi connectivity index (χ3v) is 6.65. The molecule has 0 aromatic heterocycles. The molecule has 0 bridgehead atoms. The van der Waals surface area contributed by atoms with Gasteiger partial charge in [0.1, 0.15) is 11.5 Å². The Labute approximate surface area is 242 Å². The van der Waals surface area contributed by atoms with E-state index in [1.165, 1.54) is 25.7 Å². The normalized spacial score (nSPS) is 14.5. The molecule has 2 aromatic carbocycles. The summed E-state index contributed by atoms with van der Waals surface area (Å²) in [4.78, 5) is 54.4. The van der Waals surface area contributed by atoms with Crippen molar-refractivity contribution in [3.05, 3.63) is 58.7 Å². The Bertz CT molecular complexity index is 1150. The molecule has 2 heterocycles. The number of hydrogen-bond acceptors (Lipinski definition) is 9. The molecule has 4 N–H and O–H groups in total. The van der Waals surface area contributed by atoms with Gasteiger partial charge in [-0.2, -0.15) is 0 Å². The Balaban J connectivity index is 0.000000434. The molecule has 228 valence electrons. The zero-order chi connectivity index (χ0) is 31.2. The van der Waals surface area contributed by atoms with Crippen LogP contribution in [0.15, 0.2) is 36.4 Å². The molecule has 4 rings (SSSR count). The number of carbonyl (C=O) groups excluding carboxylic acids is 1. The van der Waals surface area contributed by atoms with E-state index in [9.17, 15) is 4.79 Å². The number of likely N-dealkylation sites (tertiary alicyclic amines) is 2. The van der Waals surface area contributed by atoms with E-state index in [0.717, 1.165) is 61.9 Å². The molecule has 0 spiro atoms. The van der Waals surface area contributed by atoms with Crippen molar-refractivity contribution in [2.24, 2.45) is 0 Å². The molecule has 0 saturated carbocycles. The summed E-state index contributed by atoms with van der Waals surface area (Å²) in [6, 6.07) is 11.6. The van der Waals surface area contributed by atoms with Gasteiger partial charge in [0.2, 0.25) is 0 Å². The zero-order valence-electron chi connectivity index (χ0n) is 23.6. The van der Waals surface area contributed by atoms with Crippen LogP contribution in [-0.2, 0) is 32.3 Å². The standard InChI is InChI=1S/C25H32N2O3.2C2H2O4/c1-29-23-15-19(7-9-21(23)17-26-11-3-4-12-26)25(28)20-8-10-22(24(16-20)30-2)18-27-13-5-6-14-27;2*3-1(4)2(5)6/h7-10,15-16H,3-6,11-14,17-18H2,1-2H3;2*(H,3,4)(H,5,6). The lowest BCUT2D eigenvalue weighted by atomic mass is 9.99. The van der Waals surface area contributed by atoms with E-state index in [-0.39, 0.29) is 5.78 Å². The lowest BCUT2D eigenvalue weighted by molar-refractivity contribution is -0.159. The number of methoxy groups -OCH3 is 2. The van der Waals surface area contributed by atoms with Crippen LogP contribution in [0.5, 0.6) is 11.5 Å². The summed E-state index contributed by atoms with van der Waals surface area (Å²) in [6.45, 7) is 6.27. The monoisotopic (exact) mass is 588 g/mol. The van der Waals surface area contributed by atoms with Crippen LogP contribution in [0.25, 0.3) is 0 Å². The van der Waals surface area contributed by atoms with Gasteiger partial charge < -0.3 is 29.9 Å². The molecule has 42 heavy (non-hydrogen) atoms. The maximum Gasteiger partial charge on any atom is 0.414 e. The van der Waals surface area contributed by atoms with Gasteiger partial charge in [0.25, 0.3) is 0 Å². The van der Waals surface area contributed by atoms with Crippen molar-refractivity contribution < 1.29 is 53.9 Å². The lowest BCUT2D eigenvalue weighted by Crippen LogP contribution is -2.19. The Hall–Kier alpha value is -4.49. The molecule has 2 aliphatic rings. The Kier molecular flexibility index (Phi) is 13.4. The molecule has 2 saturated heterocycles. The minimum absolute atomic E-state index is 0.00737. The van der Waals surface area contributed by atoms with Crippen LogP contribution in [-0.4, -0.2) is 100 Å². The fourth-order valence-electron chi connectivity index (χ4n) is 4.56. The summed E-state index contributed by atoms with van der Waals surface area (Å²) in [5.41, 5.74) is 3.56. The van der Waals surface area contributed by atoms with Crippen molar-refractivity contribution >= 4 is 29.7 Å². The van der Waals surface area contributed by atoms with Gasteiger partial charge in [-0.15, -0.1) is 0 Å². The number of aliphatic carboxylic acids is 4. The van der Waals surface area contributed by atoms with Gasteiger partial charge in [-0.25, -0.2) is 19.2 Å². The summed E-state index contributed by atoms with van der Waals surface area (Å²) < 4.78 is 11.2. The Morgan fingerprint density at radius 3 is 1.17 bits per heavy atom. The molecule has 0 atom stereocenters. The number of carboxylic acids is 4. The average molecular weight is 589 g/mol. The lowest BCUT2D eigenvalue weighted by Gasteiger charge is -2.18. The van der Waals surface area contributed by atoms with Crippen LogP contribution in [0.1, 0.15) is 52.7 Å². The van der Waals surface area contributed by atoms with Crippen LogP contribution >= 0.6 is 0 Å². The Morgan fingerprint density at radius 1 is 0.595 bits per heavy atom. The van der Waals surface area contributed by atoms with Gasteiger partial charge in [0.15, 0.2) is 5.78 Å². The largest absolute Gasteiger partial charge is 0.496 e. The van der Waals surface area contributed by atoms with Gasteiger partial charge in [0.05, 0.1) is 14.2 Å². The number of rotatable bonds is 8. The number of hydrogen-bond donors (Lipinski definition) is 4. The van der Waals surface area contributed by atoms with Gasteiger partial charge in [-0.1, -0.05) is 24.3 Å². The molecule has 0 radical (unpaired) electrons. The van der Waals surface area contributed by atoms with Crippen molar-refractivity contribution in [1.82, 2.24) is 9.80 Å². The summed E-state index contributed by atoms with van der Waals surface area (Å²) in [5.74, 6) is -5.74. The van der Waals surface area contributed by atoms with Gasteiger partial charge in [0, 0.05) is 35.3 Å². The van der Waals surface area contributed by atoms with Crippen molar-refractivity contribution in [2.75, 3.05) is 40.4 Å². The van der Waals surface area contributed by atoms with Crippen molar-refractivity contribution in [3.8, 4) is 11.5 Å². The highest BCUT2D eigenvalue weighted by atomic mass is 16.5. The van der Waals surface area contributed by atoms with E-state index < -0.39 is 23.9 Å². The highest BCUT2D eigenvalue weighted by Gasteiger charge is 2.19. The van der Waals surface area contributed by atoms with Crippen LogP contribution in [0.2, 0.25) is 0 Å². The van der Waals surface area contributed by atoms with Crippen molar-refractivity contribution in [1.29, 1.82) is 0 Å². The number of nitrogens with zero attached hydrogens (tertiary/aromatic N) is 2. The van der Waals surface area contributed by atoms with E-state index in [1.807, 2.05) is 36.4 Å². The third kappa shape index (κ3) is 10.5. The number of ether oxygens (including phenoxy) is 2. The molecule has 13 nitrogen and oxygen atoms in total. The SMILES string of the molecule is COc1cc(C(=O)c2ccc(CN3CCCC3)c(OC)c2)ccc1CN1CCCC1.O=C(O)C(=O)O.O=C(O)C(=O)O. The first-order valence-corrected chi connectivity index (χ1v) is 13.2. The van der Waals surface area contributed by atoms with Crippen LogP contribution in [0.3, 0.4) is 0 Å². The highest BCUT2D eigenvalue weighted by molar-refractivity contribution is 6.27. The minimum Gasteiger partial charge on any atom is -0.496 e. The molecular weight excluding hydrogens is 552 g/mol. The van der Waals surface area contributed by atoms with E-state index in [1.54, 1.807) is 14.2 Å². The average Bonchev–Trinajstić information content (AvgIpc) is 3.68. The third-order valence-electron chi connectivity index (χ3n) is 6.65. The second-order valence-electron chi connectivity index (χ2n) is 9.57. The minimum atomic E-state index is -1.82. The van der Waals surface area contributed by atoms with E-state index in [0.29, 0.717) is 11.1 Å². The second-order valence-corrected chi connectivity index (χ2v) is 9.57. The number of carboxylic acid groups (broad SMARTS) is 4. The van der Waals surface area contributed by atoms with Crippen LogP contribution in [0, 0.1) is 0 Å². The van der Waals surface area contributed by atoms with Gasteiger partial charge in [-0.3, -0.25) is 14.6 Å². The van der Waals surface area contributed by atoms with Crippen LogP contribution in [0.4, 0.5) is 0 Å². The van der Waals surface area contributed by atoms with Crippen LogP contribution < -0.4 is 9.47 Å². The van der Waals surface area contributed by atoms with E-state index in [2.05, 4.69) is 9.80 Å². The predicted octanol–water partition coefficient (Wildman–Crippen LogP) is 2.44. The first kappa shape index (κ1) is 33.7. The molecule has 0 amide bonds. The number of ketones is 1. The summed E-state index contributed by atoms with van der Waals surface area (Å²) >= 11 is 0. The van der Waals surface area contributed by atoms with Crippen molar-refractivity contribution in [2.45, 2.75) is 38.8 Å². The molecule has 2 aromatic rings. The molecule has 0 aliphatic carbocycles. The van der Waals surface area contributed by atoms with Gasteiger partial charge >= 0.3 is 23.9 Å². The predicted molar refractivity (Wildman–Crippen MR) is 149 cm³/mol. The van der Waals surface area contributed by atoms with Crippen molar-refractivity contribution in [3.63, 3.8) is 0 Å². The molecule has 2 fully saturated rings. The number of benzene rings is 2. The second kappa shape index (κ2) is 16.7. The molecule has 2 aliphatic heterocycles. The number of carbonyl (C=O) groups is 5. The summed E-state index contributed by atoms with van der Waals surface area (Å²) in [6.07, 6.45) is 5.03. The maximum atomic E-state index is 13.2. The highest BCUT2D eigenvalue weighted by Crippen LogP contribution is 2.28. The van der Waals surface area contributed by atoms with E-state index >= 15 is 0 Å². The molecule has 13 heteroatoms. The first-order chi connectivity index (χ1) is 20.0. The quantitative estimate of drug-likeness (QED) is 0.260. The molecule has 0 unspecified atom stereocenters. The summed E-state index contributed by atoms with van der Waals surface area (Å²) in [5, 5.41) is 29.6. The summed E-state index contributed by atoms with van der Waals surface area (Å²) in [7, 11) is 3.35. The zero-order valence-corrected chi connectivity index (χ0v) is 23.6. The maximum absolute atomic E-state index is 13.2. The smallest absolute Gasteiger partial charge is 0.414 e. The fourth-order valence-corrected chi connectivity index (χ4v) is 4.56. The van der Waals surface area contributed by atoms with E-state index in [4.69, 9.17) is 49.1 Å². The van der Waals surface area contributed by atoms with Gasteiger partial charge in [-0.05, 0) is 64.0 Å². The Morgan fingerprint density at radius 2 is 0.905 bits per heavy atom. The topological polar surface area (TPSA) is 191 Å². The fraction of sp³-hybridized carbons (Fsp3) is 0.414. The first-order valence-electron chi connectivity index (χ1n) is 13.2.